The third kappa shape index (κ3) is 3.07. The van der Waals surface area contributed by atoms with Crippen LogP contribution in [0.4, 0.5) is 5.69 Å². The smallest absolute Gasteiger partial charge is 0.245 e. The Bertz CT molecular complexity index is 618. The van der Waals surface area contributed by atoms with E-state index in [0.717, 1.165) is 18.7 Å². The van der Waals surface area contributed by atoms with Crippen molar-refractivity contribution < 1.29 is 8.42 Å². The number of nitrogen functional groups attached to an aromatic ring is 1. The van der Waals surface area contributed by atoms with Crippen molar-refractivity contribution in [3.63, 3.8) is 0 Å². The molecule has 118 valence electrons. The van der Waals surface area contributed by atoms with Gasteiger partial charge in [-0.05, 0) is 38.8 Å². The van der Waals surface area contributed by atoms with Gasteiger partial charge in [-0.3, -0.25) is 4.90 Å². The first-order valence-corrected chi connectivity index (χ1v) is 8.79. The van der Waals surface area contributed by atoms with Crippen LogP contribution in [0.5, 0.6) is 0 Å². The van der Waals surface area contributed by atoms with Crippen LogP contribution in [-0.2, 0) is 10.0 Å². The van der Waals surface area contributed by atoms with Gasteiger partial charge in [-0.2, -0.15) is 4.31 Å². The Kier molecular flexibility index (Phi) is 4.60. The molecule has 0 atom stereocenters. The molecule has 0 saturated carbocycles. The van der Waals surface area contributed by atoms with Crippen LogP contribution in [0.25, 0.3) is 0 Å². The number of nitrogens with two attached hydrogens (primary N) is 1. The lowest BCUT2D eigenvalue weighted by Gasteiger charge is -2.36. The summed E-state index contributed by atoms with van der Waals surface area (Å²) in [6, 6.07) is 4.13. The number of rotatable bonds is 3. The van der Waals surface area contributed by atoms with E-state index in [0.29, 0.717) is 30.4 Å². The topological polar surface area (TPSA) is 66.6 Å². The number of hydrogen-bond donors (Lipinski definition) is 1. The molecule has 21 heavy (non-hydrogen) atoms. The zero-order valence-electron chi connectivity index (χ0n) is 13.3. The highest BCUT2D eigenvalue weighted by Crippen LogP contribution is 2.29. The van der Waals surface area contributed by atoms with Gasteiger partial charge in [0.15, 0.2) is 0 Å². The number of sulfonamides is 1. The molecule has 1 aliphatic heterocycles. The molecule has 0 spiro atoms. The maximum Gasteiger partial charge on any atom is 0.245 e. The Balaban J connectivity index is 2.30. The normalized spacial score (nSPS) is 18.3. The van der Waals surface area contributed by atoms with E-state index in [2.05, 4.69) is 18.7 Å². The van der Waals surface area contributed by atoms with Crippen LogP contribution in [-0.4, -0.2) is 49.8 Å². The average molecular weight is 311 g/mol. The van der Waals surface area contributed by atoms with Crippen LogP contribution >= 0.6 is 0 Å². The minimum absolute atomic E-state index is 0.278. The minimum atomic E-state index is -3.51. The van der Waals surface area contributed by atoms with Gasteiger partial charge in [0.05, 0.1) is 5.69 Å². The highest BCUT2D eigenvalue weighted by Gasteiger charge is 2.31. The number of piperazine rings is 1. The second kappa shape index (κ2) is 5.94. The van der Waals surface area contributed by atoms with E-state index in [9.17, 15) is 8.42 Å². The van der Waals surface area contributed by atoms with Crippen LogP contribution in [0.15, 0.2) is 17.0 Å². The summed E-state index contributed by atoms with van der Waals surface area (Å²) in [4.78, 5) is 2.57. The van der Waals surface area contributed by atoms with E-state index in [4.69, 9.17) is 5.73 Å². The van der Waals surface area contributed by atoms with Crippen molar-refractivity contribution in [3.8, 4) is 0 Å². The first-order chi connectivity index (χ1) is 9.75. The standard InChI is InChI=1S/C15H25N3O2S/c1-11(2)17-7-9-18(10-8-17)21(19,20)15-13(4)6-5-12(3)14(15)16/h5-6,11H,7-10,16H2,1-4H3. The molecule has 1 fully saturated rings. The van der Waals surface area contributed by atoms with E-state index in [1.165, 1.54) is 0 Å². The average Bonchev–Trinajstić information content (AvgIpc) is 2.43. The zero-order valence-corrected chi connectivity index (χ0v) is 14.1. The molecule has 0 radical (unpaired) electrons. The number of anilines is 1. The second-order valence-corrected chi connectivity index (χ2v) is 7.85. The van der Waals surface area contributed by atoms with Gasteiger partial charge >= 0.3 is 0 Å². The fourth-order valence-corrected chi connectivity index (χ4v) is 4.55. The van der Waals surface area contributed by atoms with Crippen LogP contribution in [0.3, 0.4) is 0 Å². The van der Waals surface area contributed by atoms with Crippen LogP contribution < -0.4 is 5.73 Å². The van der Waals surface area contributed by atoms with Gasteiger partial charge in [0, 0.05) is 32.2 Å². The lowest BCUT2D eigenvalue weighted by atomic mass is 10.1. The SMILES string of the molecule is Cc1ccc(C)c(S(=O)(=O)N2CCN(C(C)C)CC2)c1N. The van der Waals surface area contributed by atoms with Gasteiger partial charge < -0.3 is 5.73 Å². The minimum Gasteiger partial charge on any atom is -0.397 e. The summed E-state index contributed by atoms with van der Waals surface area (Å²) in [7, 11) is -3.51. The number of aryl methyl sites for hydroxylation is 2. The van der Waals surface area contributed by atoms with Gasteiger partial charge in [-0.1, -0.05) is 12.1 Å². The molecule has 5 nitrogen and oxygen atoms in total. The van der Waals surface area contributed by atoms with Gasteiger partial charge in [-0.25, -0.2) is 8.42 Å². The zero-order chi connectivity index (χ0) is 15.8. The number of nitrogens with zero attached hydrogens (tertiary/aromatic N) is 2. The van der Waals surface area contributed by atoms with Crippen LogP contribution in [0.1, 0.15) is 25.0 Å². The Morgan fingerprint density at radius 2 is 1.57 bits per heavy atom. The van der Waals surface area contributed by atoms with Crippen LogP contribution in [0.2, 0.25) is 0 Å². The van der Waals surface area contributed by atoms with Crippen molar-refractivity contribution >= 4 is 15.7 Å². The maximum atomic E-state index is 12.9. The molecule has 0 bridgehead atoms. The molecule has 1 aromatic rings. The molecule has 2 rings (SSSR count). The van der Waals surface area contributed by atoms with E-state index in [1.807, 2.05) is 19.1 Å². The van der Waals surface area contributed by atoms with E-state index < -0.39 is 10.0 Å². The Morgan fingerprint density at radius 3 is 2.10 bits per heavy atom. The van der Waals surface area contributed by atoms with E-state index in [1.54, 1.807) is 11.2 Å². The van der Waals surface area contributed by atoms with Crippen molar-refractivity contribution in [3.05, 3.63) is 23.3 Å². The third-order valence-corrected chi connectivity index (χ3v) is 6.32. The summed E-state index contributed by atoms with van der Waals surface area (Å²) < 4.78 is 27.3. The fraction of sp³-hybridized carbons (Fsp3) is 0.600. The molecular formula is C15H25N3O2S. The Labute approximate surface area is 127 Å². The van der Waals surface area contributed by atoms with Crippen molar-refractivity contribution in [2.24, 2.45) is 0 Å². The van der Waals surface area contributed by atoms with Gasteiger partial charge in [0.2, 0.25) is 10.0 Å². The quantitative estimate of drug-likeness (QED) is 0.861. The molecule has 1 aliphatic rings. The van der Waals surface area contributed by atoms with Gasteiger partial charge in [0.1, 0.15) is 4.90 Å². The first-order valence-electron chi connectivity index (χ1n) is 7.35. The predicted molar refractivity (Wildman–Crippen MR) is 85.8 cm³/mol. The molecule has 2 N–H and O–H groups in total. The van der Waals surface area contributed by atoms with Crippen molar-refractivity contribution in [1.29, 1.82) is 0 Å². The molecule has 0 amide bonds. The highest BCUT2D eigenvalue weighted by atomic mass is 32.2. The molecule has 1 aromatic carbocycles. The second-order valence-electron chi connectivity index (χ2n) is 5.98. The Hall–Kier alpha value is -1.11. The van der Waals surface area contributed by atoms with Gasteiger partial charge in [0.25, 0.3) is 0 Å². The van der Waals surface area contributed by atoms with E-state index in [-0.39, 0.29) is 4.90 Å². The molecule has 1 saturated heterocycles. The summed E-state index contributed by atoms with van der Waals surface area (Å²) in [6.45, 7) is 10.5. The third-order valence-electron chi connectivity index (χ3n) is 4.21. The number of hydrogen-bond acceptors (Lipinski definition) is 4. The lowest BCUT2D eigenvalue weighted by molar-refractivity contribution is 0.154. The summed E-state index contributed by atoms with van der Waals surface area (Å²) in [5.41, 5.74) is 7.93. The van der Waals surface area contributed by atoms with Crippen LogP contribution in [0, 0.1) is 13.8 Å². The molecule has 0 unspecified atom stereocenters. The summed E-state index contributed by atoms with van der Waals surface area (Å²) >= 11 is 0. The molecule has 0 aliphatic carbocycles. The fourth-order valence-electron chi connectivity index (χ4n) is 2.74. The lowest BCUT2D eigenvalue weighted by Crippen LogP contribution is -2.50. The van der Waals surface area contributed by atoms with Crippen molar-refractivity contribution in [2.45, 2.75) is 38.6 Å². The van der Waals surface area contributed by atoms with Crippen molar-refractivity contribution in [2.75, 3.05) is 31.9 Å². The van der Waals surface area contributed by atoms with E-state index >= 15 is 0 Å². The summed E-state index contributed by atoms with van der Waals surface area (Å²) in [5, 5.41) is 0. The first kappa shape index (κ1) is 16.3. The monoisotopic (exact) mass is 311 g/mol. The van der Waals surface area contributed by atoms with Gasteiger partial charge in [-0.15, -0.1) is 0 Å². The van der Waals surface area contributed by atoms with Crippen molar-refractivity contribution in [1.82, 2.24) is 9.21 Å². The maximum absolute atomic E-state index is 12.9. The largest absolute Gasteiger partial charge is 0.397 e. The summed E-state index contributed by atoms with van der Waals surface area (Å²) in [5.74, 6) is 0. The molecule has 0 aromatic heterocycles. The Morgan fingerprint density at radius 1 is 1.05 bits per heavy atom. The predicted octanol–water partition coefficient (Wildman–Crippen LogP) is 1.60. The molecule has 1 heterocycles. The summed E-state index contributed by atoms with van der Waals surface area (Å²) in [6.07, 6.45) is 0. The number of benzene rings is 1. The molecular weight excluding hydrogens is 286 g/mol. The highest BCUT2D eigenvalue weighted by molar-refractivity contribution is 7.89. The molecule has 6 heteroatoms.